The first kappa shape index (κ1) is 71.3. The van der Waals surface area contributed by atoms with Crippen molar-refractivity contribution in [2.24, 2.45) is 5.73 Å². The van der Waals surface area contributed by atoms with Crippen LogP contribution in [0.2, 0.25) is 0 Å². The molecule has 22 N–H and O–H groups in total. The van der Waals surface area contributed by atoms with Gasteiger partial charge in [-0.2, -0.15) is 0 Å². The number of nitrogens with two attached hydrogens (primary N) is 1. The van der Waals surface area contributed by atoms with Crippen molar-refractivity contribution in [2.45, 2.75) is 243 Å². The zero-order chi connectivity index (χ0) is 62.9. The number of carbonyl (C=O) groups is 3. The minimum absolute atomic E-state index is 0.0790. The highest BCUT2D eigenvalue weighted by Gasteiger charge is 2.62. The number of unbranched alkanes of at least 4 members (excludes halogenated alkanes) is 3. The Morgan fingerprint density at radius 3 is 1.59 bits per heavy atom. The number of aliphatic hydroxyl groups is 17. The Labute approximate surface area is 485 Å². The Balaban J connectivity index is 1.33. The van der Waals surface area contributed by atoms with Gasteiger partial charge in [-0.15, -0.1) is 0 Å². The third-order valence-corrected chi connectivity index (χ3v) is 15.5. The van der Waals surface area contributed by atoms with E-state index >= 15 is 0 Å². The summed E-state index contributed by atoms with van der Waals surface area (Å²) in [6, 6.07) is -3.63. The van der Waals surface area contributed by atoms with E-state index in [0.717, 1.165) is 33.1 Å². The maximum Gasteiger partial charge on any atom is 0.364 e. The zero-order valence-corrected chi connectivity index (χ0v) is 46.6. The second-order valence-corrected chi connectivity index (χ2v) is 21.7. The summed E-state index contributed by atoms with van der Waals surface area (Å²) in [6.07, 6.45) is -54.2. The Kier molecular flexibility index (Phi) is 26.7. The molecule has 31 atom stereocenters. The first-order valence-corrected chi connectivity index (χ1v) is 27.8. The average molecular weight is 1240 g/mol. The van der Waals surface area contributed by atoms with Gasteiger partial charge in [0.05, 0.1) is 51.3 Å². The van der Waals surface area contributed by atoms with Crippen LogP contribution in [0.5, 0.6) is 0 Å². The van der Waals surface area contributed by atoms with Gasteiger partial charge < -0.3 is 165 Å². The molecule has 85 heavy (non-hydrogen) atoms. The van der Waals surface area contributed by atoms with Crippen LogP contribution in [-0.4, -0.2) is 346 Å². The van der Waals surface area contributed by atoms with Crippen LogP contribution in [0.15, 0.2) is 0 Å². The Hall–Kier alpha value is -2.79. The average Bonchev–Trinajstić information content (AvgIpc) is 1.22. The standard InChI is InChI=1S/C49H85N3O33/c1-16-27(62)31(66)33(68)45(75-16)82-40-26(52-18(3)59)43(83-41-29(64)21(12-54)76-46(35(41)70)80-37-23(14-56)79-44(34(69)32(37)67)74-9-7-5-4-6-8-50)78-24(15-57)38(40)81-47-36(71)42(30(65)22(13-55)77-47)85-49(48(72)73)10-19(60)25(51-17(2)58)39(84-49)28(63)20(61)11-53/h16,19-47,53-57,60-71H,4-15,50H2,1-3H3,(H,51,58)(H,52,59)(H,72,73)/t16-,19-,20+,21+,22+,23+,24+,25+,26+,27+,28+,29-,30-,31+,32+,33-,34+,35+,36+,37+,38+,39+,40+,41-,42-,43-,44+,45-,46-,47-,49-/m0/s1. The molecule has 36 nitrogen and oxygen atoms in total. The molecule has 0 bridgehead atoms. The van der Waals surface area contributed by atoms with Crippen LogP contribution in [0.4, 0.5) is 0 Å². The monoisotopic (exact) mass is 1240 g/mol. The molecule has 6 rings (SSSR count). The smallest absolute Gasteiger partial charge is 0.364 e. The molecule has 0 aromatic heterocycles. The number of carboxylic acids is 1. The first-order chi connectivity index (χ1) is 40.2. The number of aliphatic carboxylic acids is 1. The number of ether oxygens (including phenoxy) is 12. The van der Waals surface area contributed by atoms with Crippen molar-refractivity contribution in [1.29, 1.82) is 0 Å². The number of hydrogen-bond acceptors (Lipinski definition) is 33. The summed E-state index contributed by atoms with van der Waals surface area (Å²) in [7, 11) is 0. The third kappa shape index (κ3) is 16.4. The summed E-state index contributed by atoms with van der Waals surface area (Å²) in [4.78, 5) is 38.6. The molecule has 6 heterocycles. The zero-order valence-electron chi connectivity index (χ0n) is 46.6. The molecule has 6 saturated heterocycles. The minimum Gasteiger partial charge on any atom is -0.477 e. The van der Waals surface area contributed by atoms with Crippen molar-refractivity contribution < 1.29 is 163 Å². The number of carboxylic acid groups (broad SMARTS) is 1. The van der Waals surface area contributed by atoms with Crippen LogP contribution >= 0.6 is 0 Å². The molecule has 2 amide bonds. The van der Waals surface area contributed by atoms with Crippen molar-refractivity contribution in [2.75, 3.05) is 46.2 Å². The molecule has 6 aliphatic rings. The number of carbonyl (C=O) groups excluding carboxylic acids is 2. The van der Waals surface area contributed by atoms with E-state index in [1.54, 1.807) is 0 Å². The van der Waals surface area contributed by atoms with Crippen LogP contribution in [0.25, 0.3) is 0 Å². The fraction of sp³-hybridized carbons (Fsp3) is 0.939. The molecule has 6 aliphatic heterocycles. The molecular weight excluding hydrogens is 1160 g/mol. The summed E-state index contributed by atoms with van der Waals surface area (Å²) in [5.74, 6) is -7.14. The van der Waals surface area contributed by atoms with E-state index in [-0.39, 0.29) is 6.61 Å². The molecule has 0 aromatic carbocycles. The van der Waals surface area contributed by atoms with Crippen molar-refractivity contribution in [3.8, 4) is 0 Å². The highest BCUT2D eigenvalue weighted by molar-refractivity contribution is 5.76. The molecule has 0 aromatic rings. The van der Waals surface area contributed by atoms with Gasteiger partial charge in [0.15, 0.2) is 31.5 Å². The highest BCUT2D eigenvalue weighted by atomic mass is 16.8. The molecule has 6 fully saturated rings. The maximum absolute atomic E-state index is 13.2. The lowest BCUT2D eigenvalue weighted by Gasteiger charge is -2.52. The number of hydrogen-bond donors (Lipinski definition) is 21. The van der Waals surface area contributed by atoms with E-state index in [4.69, 9.17) is 62.6 Å². The summed E-state index contributed by atoms with van der Waals surface area (Å²) >= 11 is 0. The van der Waals surface area contributed by atoms with Gasteiger partial charge in [-0.05, 0) is 26.3 Å². The lowest BCUT2D eigenvalue weighted by molar-refractivity contribution is -0.399. The molecule has 0 saturated carbocycles. The topological polar surface area (TPSA) is 576 Å². The SMILES string of the molecule is CC(=O)N[C@H]1[C@H](O[C@H]2[C@@H](O)[C@@H](CO)O[C@@H](O[C@H]3[C@H](O)[C@@H](O)[C@H](OCCCCCCN)O[C@@H]3CO)[C@@H]2O)O[C@H](CO)[C@@H](O[C@@H]2O[C@H](CO)[C@H](O)[C@H](O[C@]3(C(=O)O)C[C@H](O)[C@@H](NC(C)=O)[C@H]([C@H](O)[C@H](O)CO)O3)[C@H]2O)[C@@H]1O[C@@H]1O[C@@H](C)[C@@H](O)[C@@H](O)[C@@H]1O. The van der Waals surface area contributed by atoms with Crippen molar-refractivity contribution >= 4 is 17.8 Å². The van der Waals surface area contributed by atoms with Gasteiger partial charge in [0, 0.05) is 26.9 Å². The highest BCUT2D eigenvalue weighted by Crippen LogP contribution is 2.41. The van der Waals surface area contributed by atoms with Crippen molar-refractivity contribution in [3.63, 3.8) is 0 Å². The fourth-order valence-corrected chi connectivity index (χ4v) is 10.9. The Bertz CT molecular complexity index is 2080. The van der Waals surface area contributed by atoms with E-state index < -0.39 is 247 Å². The van der Waals surface area contributed by atoms with Gasteiger partial charge in [0.1, 0.15) is 134 Å². The maximum atomic E-state index is 13.2. The normalized spacial score (nSPS) is 45.1. The summed E-state index contributed by atoms with van der Waals surface area (Å²) in [5.41, 5.74) is 5.54. The van der Waals surface area contributed by atoms with E-state index in [1.165, 1.54) is 6.92 Å². The van der Waals surface area contributed by atoms with Crippen LogP contribution < -0.4 is 16.4 Å². The minimum atomic E-state index is -3.25. The Morgan fingerprint density at radius 1 is 0.541 bits per heavy atom. The van der Waals surface area contributed by atoms with Crippen LogP contribution in [0, 0.1) is 0 Å². The van der Waals surface area contributed by atoms with E-state index in [9.17, 15) is 106 Å². The summed E-state index contributed by atoms with van der Waals surface area (Å²) in [6.45, 7) is -1.63. The van der Waals surface area contributed by atoms with E-state index in [0.29, 0.717) is 13.0 Å². The summed E-state index contributed by atoms with van der Waals surface area (Å²) < 4.78 is 70.6. The first-order valence-electron chi connectivity index (χ1n) is 27.8. The molecule has 494 valence electrons. The predicted octanol–water partition coefficient (Wildman–Crippen LogP) is -12.0. The molecule has 36 heteroatoms. The molecule has 0 spiro atoms. The van der Waals surface area contributed by atoms with Gasteiger partial charge in [-0.25, -0.2) is 4.79 Å². The number of rotatable bonds is 27. The second-order valence-electron chi connectivity index (χ2n) is 21.7. The van der Waals surface area contributed by atoms with Gasteiger partial charge >= 0.3 is 5.97 Å². The summed E-state index contributed by atoms with van der Waals surface area (Å²) in [5, 5.41) is 202. The fourth-order valence-electron chi connectivity index (χ4n) is 10.9. The number of aliphatic hydroxyl groups excluding tert-OH is 17. The van der Waals surface area contributed by atoms with E-state index in [1.807, 2.05) is 0 Å². The van der Waals surface area contributed by atoms with E-state index in [2.05, 4.69) is 10.6 Å². The number of amides is 2. The predicted molar refractivity (Wildman–Crippen MR) is 269 cm³/mol. The number of nitrogens with one attached hydrogen (secondary N) is 2. The lowest BCUT2D eigenvalue weighted by Crippen LogP contribution is -2.72. The van der Waals surface area contributed by atoms with Crippen molar-refractivity contribution in [1.82, 2.24) is 10.6 Å². The second kappa shape index (κ2) is 31.8. The molecule has 0 radical (unpaired) electrons. The molecule has 0 unspecified atom stereocenters. The quantitative estimate of drug-likeness (QED) is 0.0340. The van der Waals surface area contributed by atoms with Crippen LogP contribution in [0.3, 0.4) is 0 Å². The third-order valence-electron chi connectivity index (χ3n) is 15.5. The largest absolute Gasteiger partial charge is 0.477 e. The molecular formula is C49H85N3O33. The van der Waals surface area contributed by atoms with Crippen LogP contribution in [-0.2, 0) is 71.2 Å². The van der Waals surface area contributed by atoms with Gasteiger partial charge in [0.25, 0.3) is 5.79 Å². The van der Waals surface area contributed by atoms with Gasteiger partial charge in [0.2, 0.25) is 11.8 Å². The van der Waals surface area contributed by atoms with Crippen LogP contribution in [0.1, 0.15) is 52.9 Å². The van der Waals surface area contributed by atoms with Crippen molar-refractivity contribution in [3.05, 3.63) is 0 Å². The lowest BCUT2D eigenvalue weighted by atomic mass is 9.88. The molecule has 0 aliphatic carbocycles. The van der Waals surface area contributed by atoms with Gasteiger partial charge in [-0.1, -0.05) is 12.8 Å². The Morgan fingerprint density at radius 2 is 1.02 bits per heavy atom. The van der Waals surface area contributed by atoms with Gasteiger partial charge in [-0.3, -0.25) is 9.59 Å².